The molecule has 2 aromatic carbocycles. The molecule has 0 aliphatic carbocycles. The molecule has 11 nitrogen and oxygen atoms in total. The van der Waals surface area contributed by atoms with Gasteiger partial charge < -0.3 is 9.47 Å². The predicted octanol–water partition coefficient (Wildman–Crippen LogP) is 2.21. The zero-order chi connectivity index (χ0) is 27.9. The van der Waals surface area contributed by atoms with E-state index in [0.29, 0.717) is 36.6 Å². The predicted molar refractivity (Wildman–Crippen MR) is 144 cm³/mol. The molecule has 2 aromatic heterocycles. The van der Waals surface area contributed by atoms with E-state index in [1.165, 1.54) is 35.0 Å². The second kappa shape index (κ2) is 9.98. The van der Waals surface area contributed by atoms with Crippen LogP contribution in [0.25, 0.3) is 10.9 Å². The molecule has 0 unspecified atom stereocenters. The normalized spacial score (nSPS) is 18.1. The summed E-state index contributed by atoms with van der Waals surface area (Å²) in [4.78, 5) is 17.3. The number of hydrogen-bond donors (Lipinski definition) is 0. The average Bonchev–Trinajstić information content (AvgIpc) is 3.42. The molecule has 1 aliphatic heterocycles. The first-order chi connectivity index (χ1) is 18.6. The third-order valence-electron chi connectivity index (χ3n) is 7.20. The van der Waals surface area contributed by atoms with Crippen LogP contribution in [-0.4, -0.2) is 57.5 Å². The molecule has 198 valence electrons. The highest BCUT2D eigenvalue weighted by molar-refractivity contribution is 7.89. The van der Waals surface area contributed by atoms with Crippen molar-refractivity contribution in [2.45, 2.75) is 37.4 Å². The van der Waals surface area contributed by atoms with E-state index in [4.69, 9.17) is 5.26 Å². The Morgan fingerprint density at radius 1 is 1.00 bits per heavy atom. The van der Waals surface area contributed by atoms with Crippen LogP contribution in [0.2, 0.25) is 0 Å². The number of aryl methyl sites for hydroxylation is 1. The largest absolute Gasteiger partial charge is 0.364 e. The Kier molecular flexibility index (Phi) is 6.68. The van der Waals surface area contributed by atoms with Gasteiger partial charge in [0.25, 0.3) is 15.6 Å². The molecule has 2 atom stereocenters. The molecule has 0 amide bonds. The lowest BCUT2D eigenvalue weighted by molar-refractivity contribution is 0.156. The molecule has 1 saturated heterocycles. The Hall–Kier alpha value is -4.52. The molecule has 39 heavy (non-hydrogen) atoms. The molecule has 0 bridgehead atoms. The Bertz CT molecular complexity index is 1810. The van der Waals surface area contributed by atoms with Crippen LogP contribution >= 0.6 is 0 Å². The van der Waals surface area contributed by atoms with Crippen molar-refractivity contribution in [3.63, 3.8) is 0 Å². The zero-order valence-electron chi connectivity index (χ0n) is 21.7. The summed E-state index contributed by atoms with van der Waals surface area (Å²) < 4.78 is 28.3. The van der Waals surface area contributed by atoms with Gasteiger partial charge in [0, 0.05) is 44.2 Å². The number of nitriles is 2. The Labute approximate surface area is 225 Å². The van der Waals surface area contributed by atoms with Gasteiger partial charge in [-0.05, 0) is 44.2 Å². The lowest BCUT2D eigenvalue weighted by Gasteiger charge is -2.45. The maximum absolute atomic E-state index is 13.0. The van der Waals surface area contributed by atoms with Crippen molar-refractivity contribution < 1.29 is 8.42 Å². The SMILES string of the molecule is C[C@@H]1CN(c2c(C#N)c(=O)n(C)c3ccccc23)[C@@H](C)CN1Cc1cn(S(=O)(=O)c2ccc(C#N)cc2)nn1. The van der Waals surface area contributed by atoms with Gasteiger partial charge in [0.1, 0.15) is 11.6 Å². The van der Waals surface area contributed by atoms with Crippen LogP contribution in [-0.2, 0) is 23.6 Å². The first kappa shape index (κ1) is 26.1. The molecule has 0 N–H and O–H groups in total. The second-order valence-electron chi connectivity index (χ2n) is 9.72. The second-order valence-corrected chi connectivity index (χ2v) is 11.5. The molecule has 4 aromatic rings. The minimum atomic E-state index is -3.94. The number of pyridine rings is 1. The molecule has 0 radical (unpaired) electrons. The van der Waals surface area contributed by atoms with Gasteiger partial charge in [0.05, 0.1) is 39.6 Å². The van der Waals surface area contributed by atoms with Crippen LogP contribution in [0.4, 0.5) is 5.69 Å². The molecular weight excluding hydrogens is 516 g/mol. The molecule has 3 heterocycles. The van der Waals surface area contributed by atoms with E-state index in [1.807, 2.05) is 44.2 Å². The number of piperazine rings is 1. The van der Waals surface area contributed by atoms with Crippen molar-refractivity contribution in [1.82, 2.24) is 23.9 Å². The van der Waals surface area contributed by atoms with Crippen molar-refractivity contribution in [3.8, 4) is 12.1 Å². The Balaban J connectivity index is 1.39. The maximum Gasteiger partial charge on any atom is 0.284 e. The van der Waals surface area contributed by atoms with E-state index in [1.54, 1.807) is 7.05 Å². The minimum absolute atomic E-state index is 0.0100. The number of aromatic nitrogens is 4. The van der Waals surface area contributed by atoms with E-state index >= 15 is 0 Å². The quantitative estimate of drug-likeness (QED) is 0.371. The molecule has 0 spiro atoms. The van der Waals surface area contributed by atoms with Crippen molar-refractivity contribution in [2.75, 3.05) is 18.0 Å². The molecule has 1 fully saturated rings. The molecule has 12 heteroatoms. The monoisotopic (exact) mass is 542 g/mol. The highest BCUT2D eigenvalue weighted by Crippen LogP contribution is 2.32. The van der Waals surface area contributed by atoms with Gasteiger partial charge in [-0.25, -0.2) is 0 Å². The molecule has 5 rings (SSSR count). The molecular formula is C27H26N8O3S. The van der Waals surface area contributed by atoms with E-state index in [-0.39, 0.29) is 28.1 Å². The summed E-state index contributed by atoms with van der Waals surface area (Å²) >= 11 is 0. The number of fused-ring (bicyclic) bond motifs is 1. The number of anilines is 1. The van der Waals surface area contributed by atoms with Crippen LogP contribution in [0.1, 0.15) is 30.7 Å². The summed E-state index contributed by atoms with van der Waals surface area (Å²) in [5, 5.41) is 27.7. The van der Waals surface area contributed by atoms with Crippen LogP contribution < -0.4 is 10.5 Å². The topological polar surface area (TPSA) is 141 Å². The van der Waals surface area contributed by atoms with Gasteiger partial charge in [-0.3, -0.25) is 9.69 Å². The fourth-order valence-corrected chi connectivity index (χ4v) is 6.19. The van der Waals surface area contributed by atoms with Crippen molar-refractivity contribution in [2.24, 2.45) is 7.05 Å². The zero-order valence-corrected chi connectivity index (χ0v) is 22.5. The van der Waals surface area contributed by atoms with E-state index < -0.39 is 10.0 Å². The molecule has 1 aliphatic rings. The third kappa shape index (κ3) is 4.54. The lowest BCUT2D eigenvalue weighted by atomic mass is 10.0. The third-order valence-corrected chi connectivity index (χ3v) is 8.74. The number of rotatable bonds is 5. The number of benzene rings is 2. The summed E-state index contributed by atoms with van der Waals surface area (Å²) in [6, 6.07) is 17.3. The first-order valence-corrected chi connectivity index (χ1v) is 13.8. The van der Waals surface area contributed by atoms with Gasteiger partial charge in [-0.2, -0.15) is 18.9 Å². The molecule has 0 saturated carbocycles. The van der Waals surface area contributed by atoms with Gasteiger partial charge in [-0.1, -0.05) is 23.4 Å². The maximum atomic E-state index is 13.0. The summed E-state index contributed by atoms with van der Waals surface area (Å²) in [7, 11) is -2.27. The van der Waals surface area contributed by atoms with E-state index in [9.17, 15) is 18.5 Å². The summed E-state index contributed by atoms with van der Waals surface area (Å²) in [6.07, 6.45) is 1.40. The average molecular weight is 543 g/mol. The van der Waals surface area contributed by atoms with Crippen molar-refractivity contribution in [1.29, 1.82) is 10.5 Å². The Morgan fingerprint density at radius 3 is 2.41 bits per heavy atom. The summed E-state index contributed by atoms with van der Waals surface area (Å²) in [6.45, 7) is 5.63. The van der Waals surface area contributed by atoms with Crippen LogP contribution in [0.3, 0.4) is 0 Å². The van der Waals surface area contributed by atoms with Crippen LogP contribution in [0.5, 0.6) is 0 Å². The van der Waals surface area contributed by atoms with Crippen molar-refractivity contribution in [3.05, 3.63) is 81.9 Å². The summed E-state index contributed by atoms with van der Waals surface area (Å²) in [5.74, 6) is 0. The van der Waals surface area contributed by atoms with Gasteiger partial charge in [-0.15, -0.1) is 9.19 Å². The number of para-hydroxylation sites is 1. The van der Waals surface area contributed by atoms with E-state index in [0.717, 1.165) is 15.0 Å². The first-order valence-electron chi connectivity index (χ1n) is 12.3. The standard InChI is InChI=1S/C27H26N8O3S/c1-18-15-34(26-23-6-4-5-7-25(23)32(3)27(36)24(26)13-29)19(2)14-33(18)16-21-17-35(31-30-21)39(37,38)22-10-8-20(12-28)9-11-22/h4-11,17-19H,14-16H2,1-3H3/t18-,19+/m1/s1. The van der Waals surface area contributed by atoms with Gasteiger partial charge in [0.2, 0.25) is 0 Å². The van der Waals surface area contributed by atoms with Gasteiger partial charge in [0.15, 0.2) is 0 Å². The fraction of sp³-hybridized carbons (Fsp3) is 0.296. The highest BCUT2D eigenvalue weighted by atomic mass is 32.2. The highest BCUT2D eigenvalue weighted by Gasteiger charge is 2.33. The van der Waals surface area contributed by atoms with Crippen LogP contribution in [0, 0.1) is 22.7 Å². The summed E-state index contributed by atoms with van der Waals surface area (Å²) in [5.41, 5.74) is 2.07. The van der Waals surface area contributed by atoms with E-state index in [2.05, 4.69) is 26.2 Å². The van der Waals surface area contributed by atoms with Crippen molar-refractivity contribution >= 4 is 26.6 Å². The fourth-order valence-electron chi connectivity index (χ4n) is 5.10. The lowest BCUT2D eigenvalue weighted by Crippen LogP contribution is -2.56. The minimum Gasteiger partial charge on any atom is -0.364 e. The number of hydrogen-bond acceptors (Lipinski definition) is 9. The number of nitrogens with zero attached hydrogens (tertiary/aromatic N) is 8. The van der Waals surface area contributed by atoms with Crippen LogP contribution in [0.15, 0.2) is 64.4 Å². The smallest absolute Gasteiger partial charge is 0.284 e. The Morgan fingerprint density at radius 2 is 1.72 bits per heavy atom. The van der Waals surface area contributed by atoms with Gasteiger partial charge >= 0.3 is 0 Å².